The Kier molecular flexibility index (Phi) is 2.24. The third-order valence-electron chi connectivity index (χ3n) is 1.36. The molecule has 0 aromatic rings. The first-order chi connectivity index (χ1) is 3.83. The fraction of sp³-hybridized carbons (Fsp3) is 0.857. The molecule has 1 rings (SSSR count). The Hall–Kier alpha value is 0.350. The van der Waals surface area contributed by atoms with E-state index in [9.17, 15) is 0 Å². The SMILES string of the molecule is [CH2]CC(C)SC1CC1. The Balaban J connectivity index is 1.98. The van der Waals surface area contributed by atoms with E-state index in [2.05, 4.69) is 25.6 Å². The molecule has 1 unspecified atom stereocenters. The van der Waals surface area contributed by atoms with Crippen molar-refractivity contribution in [3.05, 3.63) is 6.92 Å². The van der Waals surface area contributed by atoms with Gasteiger partial charge in [-0.25, -0.2) is 0 Å². The average molecular weight is 129 g/mol. The van der Waals surface area contributed by atoms with Gasteiger partial charge in [-0.15, -0.1) is 0 Å². The van der Waals surface area contributed by atoms with Gasteiger partial charge < -0.3 is 0 Å². The van der Waals surface area contributed by atoms with Gasteiger partial charge in [-0.2, -0.15) is 11.8 Å². The van der Waals surface area contributed by atoms with Gasteiger partial charge in [0.25, 0.3) is 0 Å². The predicted octanol–water partition coefficient (Wildman–Crippen LogP) is 2.49. The minimum absolute atomic E-state index is 0.794. The lowest BCUT2D eigenvalue weighted by Gasteiger charge is -2.04. The molecule has 0 aromatic carbocycles. The topological polar surface area (TPSA) is 0 Å². The van der Waals surface area contributed by atoms with Gasteiger partial charge in [-0.3, -0.25) is 0 Å². The Morgan fingerprint density at radius 1 is 1.75 bits per heavy atom. The minimum atomic E-state index is 0.794. The molecular formula is C7H13S. The van der Waals surface area contributed by atoms with Crippen LogP contribution in [0.15, 0.2) is 0 Å². The van der Waals surface area contributed by atoms with Crippen LogP contribution in [-0.2, 0) is 0 Å². The molecule has 0 bridgehead atoms. The van der Waals surface area contributed by atoms with Crippen LogP contribution in [0.3, 0.4) is 0 Å². The van der Waals surface area contributed by atoms with Crippen molar-refractivity contribution >= 4 is 11.8 Å². The van der Waals surface area contributed by atoms with Gasteiger partial charge in [0, 0.05) is 10.5 Å². The van der Waals surface area contributed by atoms with Crippen LogP contribution in [0.1, 0.15) is 26.2 Å². The lowest BCUT2D eigenvalue weighted by molar-refractivity contribution is 0.977. The molecule has 8 heavy (non-hydrogen) atoms. The summed E-state index contributed by atoms with van der Waals surface area (Å²) < 4.78 is 0. The summed E-state index contributed by atoms with van der Waals surface area (Å²) in [7, 11) is 0. The number of thioether (sulfide) groups is 1. The Morgan fingerprint density at radius 2 is 2.38 bits per heavy atom. The molecule has 0 saturated heterocycles. The third kappa shape index (κ3) is 2.08. The zero-order chi connectivity index (χ0) is 5.98. The first-order valence-corrected chi connectivity index (χ1v) is 4.22. The van der Waals surface area contributed by atoms with Crippen LogP contribution in [0.25, 0.3) is 0 Å². The summed E-state index contributed by atoms with van der Waals surface area (Å²) >= 11 is 2.10. The largest absolute Gasteiger partial charge is 0.155 e. The van der Waals surface area contributed by atoms with Crippen LogP contribution < -0.4 is 0 Å². The van der Waals surface area contributed by atoms with E-state index in [0.29, 0.717) is 0 Å². The molecule has 0 spiro atoms. The van der Waals surface area contributed by atoms with Crippen molar-refractivity contribution in [2.24, 2.45) is 0 Å². The van der Waals surface area contributed by atoms with E-state index in [4.69, 9.17) is 0 Å². The van der Waals surface area contributed by atoms with Crippen LogP contribution in [0.2, 0.25) is 0 Å². The quantitative estimate of drug-likeness (QED) is 0.564. The summed E-state index contributed by atoms with van der Waals surface area (Å²) in [6, 6.07) is 0. The Labute approximate surface area is 56.0 Å². The van der Waals surface area contributed by atoms with Crippen molar-refractivity contribution in [2.45, 2.75) is 36.7 Å². The van der Waals surface area contributed by atoms with Crippen LogP contribution in [0.5, 0.6) is 0 Å². The molecule has 1 atom stereocenters. The standard InChI is InChI=1S/C7H13S/c1-3-6(2)8-7-4-5-7/h6-7H,1,3-5H2,2H3. The molecule has 0 N–H and O–H groups in total. The molecule has 47 valence electrons. The summed E-state index contributed by atoms with van der Waals surface area (Å²) in [6.07, 6.45) is 3.99. The van der Waals surface area contributed by atoms with Crippen molar-refractivity contribution in [1.82, 2.24) is 0 Å². The molecule has 0 aromatic heterocycles. The monoisotopic (exact) mass is 129 g/mol. The average Bonchev–Trinajstić information content (AvgIpc) is 2.50. The zero-order valence-corrected chi connectivity index (χ0v) is 6.21. The normalized spacial score (nSPS) is 23.2. The molecule has 1 aliphatic carbocycles. The minimum Gasteiger partial charge on any atom is -0.155 e. The Bertz CT molecular complexity index is 66.8. The number of hydrogen-bond donors (Lipinski definition) is 0. The van der Waals surface area contributed by atoms with Gasteiger partial charge in [-0.05, 0) is 19.3 Å². The van der Waals surface area contributed by atoms with Gasteiger partial charge in [0.2, 0.25) is 0 Å². The highest BCUT2D eigenvalue weighted by atomic mass is 32.2. The van der Waals surface area contributed by atoms with Gasteiger partial charge in [0.15, 0.2) is 0 Å². The fourth-order valence-electron chi connectivity index (χ4n) is 0.601. The highest BCUT2D eigenvalue weighted by molar-refractivity contribution is 8.00. The van der Waals surface area contributed by atoms with Crippen LogP contribution in [0.4, 0.5) is 0 Å². The summed E-state index contributed by atoms with van der Waals surface area (Å²) in [6.45, 7) is 6.11. The molecule has 1 fully saturated rings. The van der Waals surface area contributed by atoms with E-state index in [1.165, 1.54) is 12.8 Å². The molecule has 1 radical (unpaired) electrons. The summed E-state index contributed by atoms with van der Waals surface area (Å²) in [5, 5.41) is 1.80. The molecule has 1 saturated carbocycles. The van der Waals surface area contributed by atoms with Crippen molar-refractivity contribution in [3.63, 3.8) is 0 Å². The van der Waals surface area contributed by atoms with Crippen molar-refractivity contribution in [1.29, 1.82) is 0 Å². The van der Waals surface area contributed by atoms with Gasteiger partial charge >= 0.3 is 0 Å². The Morgan fingerprint density at radius 3 is 2.75 bits per heavy atom. The highest BCUT2D eigenvalue weighted by Gasteiger charge is 2.23. The van der Waals surface area contributed by atoms with Crippen molar-refractivity contribution in [3.8, 4) is 0 Å². The van der Waals surface area contributed by atoms with Crippen LogP contribution in [0, 0.1) is 6.92 Å². The van der Waals surface area contributed by atoms with Crippen LogP contribution in [-0.4, -0.2) is 10.5 Å². The van der Waals surface area contributed by atoms with E-state index >= 15 is 0 Å². The predicted molar refractivity (Wildman–Crippen MR) is 40.0 cm³/mol. The summed E-state index contributed by atoms with van der Waals surface area (Å²) in [5.74, 6) is 0. The lowest BCUT2D eigenvalue weighted by atomic mass is 10.4. The molecule has 0 amide bonds. The first-order valence-electron chi connectivity index (χ1n) is 3.27. The van der Waals surface area contributed by atoms with Crippen molar-refractivity contribution in [2.75, 3.05) is 0 Å². The molecular weight excluding hydrogens is 116 g/mol. The van der Waals surface area contributed by atoms with E-state index in [-0.39, 0.29) is 0 Å². The van der Waals surface area contributed by atoms with E-state index in [1.807, 2.05) is 0 Å². The lowest BCUT2D eigenvalue weighted by Crippen LogP contribution is -1.93. The van der Waals surface area contributed by atoms with Crippen LogP contribution >= 0.6 is 11.8 Å². The number of rotatable bonds is 3. The van der Waals surface area contributed by atoms with Gasteiger partial charge in [0.1, 0.15) is 0 Å². The summed E-state index contributed by atoms with van der Waals surface area (Å²) in [5.41, 5.74) is 0. The third-order valence-corrected chi connectivity index (χ3v) is 2.91. The second kappa shape index (κ2) is 2.77. The van der Waals surface area contributed by atoms with Crippen molar-refractivity contribution < 1.29 is 0 Å². The summed E-state index contributed by atoms with van der Waals surface area (Å²) in [4.78, 5) is 0. The highest BCUT2D eigenvalue weighted by Crippen LogP contribution is 2.37. The van der Waals surface area contributed by atoms with E-state index < -0.39 is 0 Å². The molecule has 0 heterocycles. The van der Waals surface area contributed by atoms with E-state index in [0.717, 1.165) is 16.9 Å². The maximum atomic E-state index is 3.85. The fourth-order valence-corrected chi connectivity index (χ4v) is 1.80. The molecule has 1 aliphatic rings. The van der Waals surface area contributed by atoms with Gasteiger partial charge in [-0.1, -0.05) is 13.8 Å². The molecule has 0 nitrogen and oxygen atoms in total. The smallest absolute Gasteiger partial charge is 0.00505 e. The second-order valence-corrected chi connectivity index (χ2v) is 4.18. The van der Waals surface area contributed by atoms with E-state index in [1.54, 1.807) is 0 Å². The van der Waals surface area contributed by atoms with Gasteiger partial charge in [0.05, 0.1) is 0 Å². The first kappa shape index (κ1) is 6.47. The molecule has 1 heteroatoms. The molecule has 0 aliphatic heterocycles. The maximum Gasteiger partial charge on any atom is 0.00505 e. The zero-order valence-electron chi connectivity index (χ0n) is 5.39. The number of hydrogen-bond acceptors (Lipinski definition) is 1. The second-order valence-electron chi connectivity index (χ2n) is 2.43. The maximum absolute atomic E-state index is 3.85.